The number of hydrogen-bond acceptors (Lipinski definition) is 5. The average Bonchev–Trinajstić information content (AvgIpc) is 3.56. The van der Waals surface area contributed by atoms with Gasteiger partial charge >= 0.3 is 12.1 Å². The number of aliphatic carboxylic acids is 1. The van der Waals surface area contributed by atoms with E-state index >= 15 is 0 Å². The lowest BCUT2D eigenvalue weighted by Crippen LogP contribution is -2.48. The summed E-state index contributed by atoms with van der Waals surface area (Å²) in [7, 11) is 1.30. The summed E-state index contributed by atoms with van der Waals surface area (Å²) in [5.41, 5.74) is -0.854. The van der Waals surface area contributed by atoms with Gasteiger partial charge in [0.05, 0.1) is 36.2 Å². The fourth-order valence-electron chi connectivity index (χ4n) is 6.98. The van der Waals surface area contributed by atoms with E-state index in [1.165, 1.54) is 32.2 Å². The lowest BCUT2D eigenvalue weighted by atomic mass is 9.83. The fourth-order valence-corrected chi connectivity index (χ4v) is 6.98. The molecule has 2 bridgehead atoms. The van der Waals surface area contributed by atoms with Crippen LogP contribution in [-0.4, -0.2) is 42.1 Å². The molecule has 232 valence electrons. The highest BCUT2D eigenvalue weighted by Gasteiger charge is 2.51. The van der Waals surface area contributed by atoms with Crippen LogP contribution in [0.5, 0.6) is 11.5 Å². The van der Waals surface area contributed by atoms with Gasteiger partial charge in [0.1, 0.15) is 5.75 Å². The predicted molar refractivity (Wildman–Crippen MR) is 147 cm³/mol. The van der Waals surface area contributed by atoms with E-state index < -0.39 is 59.3 Å². The molecule has 43 heavy (non-hydrogen) atoms. The number of nitrogens with one attached hydrogen (secondary N) is 2. The number of benzene rings is 2. The van der Waals surface area contributed by atoms with E-state index in [-0.39, 0.29) is 40.1 Å². The minimum absolute atomic E-state index is 0.00103. The van der Waals surface area contributed by atoms with Gasteiger partial charge in [0, 0.05) is 17.8 Å². The first-order chi connectivity index (χ1) is 20.4. The van der Waals surface area contributed by atoms with Gasteiger partial charge in [-0.25, -0.2) is 4.39 Å². The van der Waals surface area contributed by atoms with Crippen LogP contribution in [0.4, 0.5) is 23.2 Å². The Labute approximate surface area is 246 Å². The van der Waals surface area contributed by atoms with E-state index in [1.54, 1.807) is 0 Å². The molecule has 2 aromatic carbocycles. The summed E-state index contributed by atoms with van der Waals surface area (Å²) in [5, 5.41) is 14.8. The predicted octanol–water partition coefficient (Wildman–Crippen LogP) is 5.97. The Kier molecular flexibility index (Phi) is 8.58. The van der Waals surface area contributed by atoms with E-state index in [1.807, 2.05) is 0 Å². The SMILES string of the molecule is COc1cc(F)c(OC2CCC(C(=O)O)CC2)cc1C(=O)N[C@@H]1[C@H]2CC[C@H](C2)[C@@H]1C(=O)Nc1cccc(C(F)(F)F)c1C. The van der Waals surface area contributed by atoms with Gasteiger partial charge in [0.2, 0.25) is 5.91 Å². The van der Waals surface area contributed by atoms with Crippen LogP contribution in [-0.2, 0) is 15.8 Å². The molecule has 0 aromatic heterocycles. The Hall–Kier alpha value is -3.83. The van der Waals surface area contributed by atoms with E-state index in [0.717, 1.165) is 25.0 Å². The molecule has 3 fully saturated rings. The number of carboxylic acids is 1. The zero-order chi connectivity index (χ0) is 31.1. The first kappa shape index (κ1) is 30.6. The van der Waals surface area contributed by atoms with Crippen LogP contribution < -0.4 is 20.1 Å². The number of anilines is 1. The maximum absolute atomic E-state index is 14.9. The molecule has 3 N–H and O–H groups in total. The number of alkyl halides is 3. The quantitative estimate of drug-likeness (QED) is 0.319. The molecule has 0 aliphatic heterocycles. The molecule has 3 aliphatic carbocycles. The van der Waals surface area contributed by atoms with Crippen molar-refractivity contribution in [3.05, 3.63) is 52.8 Å². The average molecular weight is 607 g/mol. The molecule has 4 atom stereocenters. The van der Waals surface area contributed by atoms with Crippen LogP contribution in [0.1, 0.15) is 66.4 Å². The van der Waals surface area contributed by atoms with Crippen LogP contribution in [0.2, 0.25) is 0 Å². The van der Waals surface area contributed by atoms with Gasteiger partial charge < -0.3 is 25.2 Å². The number of carbonyl (C=O) groups is 3. The Bertz CT molecular complexity index is 1410. The molecule has 3 saturated carbocycles. The highest BCUT2D eigenvalue weighted by atomic mass is 19.4. The summed E-state index contributed by atoms with van der Waals surface area (Å²) in [4.78, 5) is 38.3. The maximum atomic E-state index is 14.9. The van der Waals surface area contributed by atoms with Gasteiger partial charge in [0.15, 0.2) is 11.6 Å². The zero-order valence-corrected chi connectivity index (χ0v) is 23.8. The summed E-state index contributed by atoms with van der Waals surface area (Å²) >= 11 is 0. The number of halogens is 4. The van der Waals surface area contributed by atoms with Gasteiger partial charge in [-0.3, -0.25) is 14.4 Å². The third-order valence-electron chi connectivity index (χ3n) is 9.23. The minimum Gasteiger partial charge on any atom is -0.496 e. The smallest absolute Gasteiger partial charge is 0.416 e. The zero-order valence-electron chi connectivity index (χ0n) is 23.8. The lowest BCUT2D eigenvalue weighted by molar-refractivity contribution is -0.143. The largest absolute Gasteiger partial charge is 0.496 e. The van der Waals surface area contributed by atoms with Crippen LogP contribution in [0.3, 0.4) is 0 Å². The lowest BCUT2D eigenvalue weighted by Gasteiger charge is -2.31. The molecule has 0 radical (unpaired) electrons. The van der Waals surface area contributed by atoms with Gasteiger partial charge in [-0.2, -0.15) is 13.2 Å². The van der Waals surface area contributed by atoms with E-state index in [4.69, 9.17) is 9.47 Å². The van der Waals surface area contributed by atoms with E-state index in [0.29, 0.717) is 32.1 Å². The topological polar surface area (TPSA) is 114 Å². The van der Waals surface area contributed by atoms with Crippen molar-refractivity contribution in [2.45, 2.75) is 70.2 Å². The number of hydrogen-bond donors (Lipinski definition) is 3. The van der Waals surface area contributed by atoms with Crippen molar-refractivity contribution in [3.8, 4) is 11.5 Å². The summed E-state index contributed by atoms with van der Waals surface area (Å²) in [5.74, 6) is -4.03. The van der Waals surface area contributed by atoms with Crippen LogP contribution in [0.15, 0.2) is 30.3 Å². The van der Waals surface area contributed by atoms with Crippen molar-refractivity contribution in [1.82, 2.24) is 5.32 Å². The Morgan fingerprint density at radius 3 is 2.33 bits per heavy atom. The normalized spacial score (nSPS) is 26.6. The highest BCUT2D eigenvalue weighted by molar-refractivity contribution is 5.99. The number of carboxylic acid groups (broad SMARTS) is 1. The standard InChI is InChI=1S/C31H34F4N2O6/c1-15-21(31(33,34)35)4-3-5-23(15)36-29(39)26-17-6-7-18(12-17)27(26)37-28(38)20-13-25(22(32)14-24(20)42-2)43-19-10-8-16(9-11-19)30(40)41/h3-5,13-14,16-19,26-27H,6-12H2,1-2H3,(H,36,39)(H,37,38)(H,40,41)/t16?,17-,18+,19?,26+,27-/m1/s1. The third kappa shape index (κ3) is 6.28. The highest BCUT2D eigenvalue weighted by Crippen LogP contribution is 2.49. The molecule has 3 aliphatic rings. The molecule has 5 rings (SSSR count). The third-order valence-corrected chi connectivity index (χ3v) is 9.23. The molecule has 0 spiro atoms. The number of amides is 2. The van der Waals surface area contributed by atoms with Crippen LogP contribution in [0, 0.1) is 36.4 Å². The second kappa shape index (κ2) is 12.0. The summed E-state index contributed by atoms with van der Waals surface area (Å²) in [6, 6.07) is 5.34. The monoisotopic (exact) mass is 606 g/mol. The molecule has 0 saturated heterocycles. The molecule has 8 nitrogen and oxygen atoms in total. The molecular weight excluding hydrogens is 572 g/mol. The molecule has 2 aromatic rings. The first-order valence-corrected chi connectivity index (χ1v) is 14.4. The second-order valence-electron chi connectivity index (χ2n) is 11.7. The first-order valence-electron chi connectivity index (χ1n) is 14.4. The maximum Gasteiger partial charge on any atom is 0.416 e. The Morgan fingerprint density at radius 1 is 0.977 bits per heavy atom. The molecule has 2 amide bonds. The van der Waals surface area contributed by atoms with E-state index in [2.05, 4.69) is 10.6 Å². The summed E-state index contributed by atoms with van der Waals surface area (Å²) in [6.07, 6.45) is -1.07. The van der Waals surface area contributed by atoms with Crippen molar-refractivity contribution in [2.75, 3.05) is 12.4 Å². The number of fused-ring (bicyclic) bond motifs is 2. The van der Waals surface area contributed by atoms with Gasteiger partial charge in [-0.1, -0.05) is 6.07 Å². The Morgan fingerprint density at radius 2 is 1.67 bits per heavy atom. The molecule has 0 unspecified atom stereocenters. The number of methoxy groups -OCH3 is 1. The minimum atomic E-state index is -4.57. The fraction of sp³-hybridized carbons (Fsp3) is 0.516. The molecule has 0 heterocycles. The number of carbonyl (C=O) groups excluding carboxylic acids is 2. The van der Waals surface area contributed by atoms with Gasteiger partial charge in [0.25, 0.3) is 5.91 Å². The van der Waals surface area contributed by atoms with Gasteiger partial charge in [-0.05, 0) is 87.5 Å². The van der Waals surface area contributed by atoms with E-state index in [9.17, 15) is 37.1 Å². The molecule has 12 heteroatoms. The van der Waals surface area contributed by atoms with Crippen molar-refractivity contribution >= 4 is 23.5 Å². The van der Waals surface area contributed by atoms with Crippen molar-refractivity contribution in [2.24, 2.45) is 23.7 Å². The Balaban J connectivity index is 1.33. The second-order valence-corrected chi connectivity index (χ2v) is 11.7. The van der Waals surface area contributed by atoms with Crippen molar-refractivity contribution in [3.63, 3.8) is 0 Å². The van der Waals surface area contributed by atoms with Crippen molar-refractivity contribution < 1.29 is 46.5 Å². The van der Waals surface area contributed by atoms with Crippen LogP contribution in [0.25, 0.3) is 0 Å². The van der Waals surface area contributed by atoms with Crippen LogP contribution >= 0.6 is 0 Å². The molecular formula is C31H34F4N2O6. The van der Waals surface area contributed by atoms with Gasteiger partial charge in [-0.15, -0.1) is 0 Å². The number of ether oxygens (including phenoxy) is 2. The van der Waals surface area contributed by atoms with Crippen molar-refractivity contribution in [1.29, 1.82) is 0 Å². The summed E-state index contributed by atoms with van der Waals surface area (Å²) < 4.78 is 66.3. The summed E-state index contributed by atoms with van der Waals surface area (Å²) in [6.45, 7) is 1.30. The number of rotatable bonds is 8.